The molecule has 0 rings (SSSR count). The maximum atomic E-state index is 12.5. The topological polar surface area (TPSA) is 95.9 Å². The van der Waals surface area contributed by atoms with Crippen molar-refractivity contribution in [2.24, 2.45) is 0 Å². The molecule has 6 nitrogen and oxygen atoms in total. The summed E-state index contributed by atoms with van der Waals surface area (Å²) in [6.45, 7) is 4.93. The van der Waals surface area contributed by atoms with E-state index >= 15 is 0 Å². The van der Waals surface area contributed by atoms with Gasteiger partial charge in [-0.15, -0.1) is 0 Å². The maximum absolute atomic E-state index is 12.5. The number of unbranched alkanes of at least 4 members (excludes halogenated alkanes) is 41. The van der Waals surface area contributed by atoms with Gasteiger partial charge in [-0.2, -0.15) is 0 Å². The molecule has 0 fully saturated rings. The number of ether oxygens (including phenoxy) is 1. The summed E-state index contributed by atoms with van der Waals surface area (Å²) in [6.07, 6.45) is 68.9. The number of aliphatic hydroxyl groups excluding tert-OH is 2. The average Bonchev–Trinajstić information content (AvgIpc) is 3.33. The van der Waals surface area contributed by atoms with Crippen molar-refractivity contribution in [1.29, 1.82) is 0 Å². The zero-order valence-electron chi connectivity index (χ0n) is 45.1. The Morgan fingerprint density at radius 2 is 0.746 bits per heavy atom. The van der Waals surface area contributed by atoms with Crippen LogP contribution in [0.5, 0.6) is 0 Å². The first kappa shape index (κ1) is 65.3. The van der Waals surface area contributed by atoms with Crippen LogP contribution in [-0.4, -0.2) is 47.4 Å². The van der Waals surface area contributed by atoms with Crippen molar-refractivity contribution < 1.29 is 24.5 Å². The van der Waals surface area contributed by atoms with E-state index in [1.54, 1.807) is 0 Å². The minimum absolute atomic E-state index is 0.0115. The first-order valence-electron chi connectivity index (χ1n) is 30.1. The Balaban J connectivity index is 3.48. The minimum atomic E-state index is -0.675. The molecule has 0 aromatic carbocycles. The van der Waals surface area contributed by atoms with Crippen LogP contribution in [-0.2, 0) is 14.3 Å². The first-order chi connectivity index (χ1) is 33.0. The van der Waals surface area contributed by atoms with Crippen molar-refractivity contribution in [2.45, 2.75) is 341 Å². The van der Waals surface area contributed by atoms with Gasteiger partial charge in [0.15, 0.2) is 0 Å². The Labute approximate surface area is 418 Å². The lowest BCUT2D eigenvalue weighted by Gasteiger charge is -2.22. The summed E-state index contributed by atoms with van der Waals surface area (Å²) in [7, 11) is 0. The lowest BCUT2D eigenvalue weighted by atomic mass is 10.0. The smallest absolute Gasteiger partial charge is 0.305 e. The van der Waals surface area contributed by atoms with E-state index in [0.717, 1.165) is 83.5 Å². The molecule has 0 saturated heterocycles. The van der Waals surface area contributed by atoms with Crippen LogP contribution >= 0.6 is 0 Å². The van der Waals surface area contributed by atoms with E-state index in [1.165, 1.54) is 212 Å². The lowest BCUT2D eigenvalue weighted by molar-refractivity contribution is -0.143. The van der Waals surface area contributed by atoms with Gasteiger partial charge in [0.25, 0.3) is 0 Å². The summed E-state index contributed by atoms with van der Waals surface area (Å²) in [6, 6.07) is -0.553. The monoisotopic (exact) mass is 944 g/mol. The largest absolute Gasteiger partial charge is 0.466 e. The zero-order valence-corrected chi connectivity index (χ0v) is 45.1. The Hall–Kier alpha value is -1.66. The van der Waals surface area contributed by atoms with Gasteiger partial charge in [0.2, 0.25) is 5.91 Å². The molecule has 2 unspecified atom stereocenters. The molecule has 3 N–H and O–H groups in total. The van der Waals surface area contributed by atoms with Crippen molar-refractivity contribution in [3.05, 3.63) is 24.3 Å². The number of hydrogen-bond donors (Lipinski definition) is 3. The van der Waals surface area contributed by atoms with Gasteiger partial charge in [0.1, 0.15) is 0 Å². The van der Waals surface area contributed by atoms with E-state index in [0.29, 0.717) is 25.9 Å². The van der Waals surface area contributed by atoms with Crippen molar-refractivity contribution in [3.63, 3.8) is 0 Å². The summed E-state index contributed by atoms with van der Waals surface area (Å²) >= 11 is 0. The summed E-state index contributed by atoms with van der Waals surface area (Å²) < 4.78 is 5.46. The quantitative estimate of drug-likeness (QED) is 0.0321. The molecule has 2 atom stereocenters. The third-order valence-corrected chi connectivity index (χ3v) is 14.0. The Bertz CT molecular complexity index is 1040. The molecule has 0 aliphatic rings. The molecule has 0 saturated carbocycles. The second-order valence-electron chi connectivity index (χ2n) is 20.7. The summed E-state index contributed by atoms with van der Waals surface area (Å²) in [5.41, 5.74) is 0. The number of allylic oxidation sites excluding steroid dienone is 4. The van der Waals surface area contributed by atoms with Gasteiger partial charge in [-0.1, -0.05) is 276 Å². The van der Waals surface area contributed by atoms with Crippen LogP contribution in [0.4, 0.5) is 0 Å². The van der Waals surface area contributed by atoms with Crippen molar-refractivity contribution in [3.8, 4) is 0 Å². The van der Waals surface area contributed by atoms with Crippen LogP contribution in [0, 0.1) is 0 Å². The Kier molecular flexibility index (Phi) is 55.5. The van der Waals surface area contributed by atoms with Gasteiger partial charge in [-0.3, -0.25) is 9.59 Å². The van der Waals surface area contributed by atoms with Gasteiger partial charge < -0.3 is 20.3 Å². The molecule has 1 amide bonds. The number of carbonyl (C=O) groups excluding carboxylic acids is 2. The van der Waals surface area contributed by atoms with Gasteiger partial charge in [-0.05, 0) is 64.2 Å². The number of hydrogen-bond acceptors (Lipinski definition) is 5. The van der Waals surface area contributed by atoms with Crippen LogP contribution in [0.25, 0.3) is 0 Å². The highest BCUT2D eigenvalue weighted by Crippen LogP contribution is 2.17. The molecule has 0 spiro atoms. The summed E-state index contributed by atoms with van der Waals surface area (Å²) in [5.74, 6) is -0.0603. The molecule has 6 heteroatoms. The molecule has 0 aromatic heterocycles. The number of nitrogens with one attached hydrogen (secondary N) is 1. The molecule has 0 radical (unpaired) electrons. The average molecular weight is 945 g/mol. The van der Waals surface area contributed by atoms with Crippen molar-refractivity contribution in [1.82, 2.24) is 5.32 Å². The number of esters is 1. The molecule has 0 aliphatic carbocycles. The Morgan fingerprint density at radius 1 is 0.418 bits per heavy atom. The molecular formula is C61H117NO5. The van der Waals surface area contributed by atoms with Gasteiger partial charge in [0, 0.05) is 12.8 Å². The van der Waals surface area contributed by atoms with E-state index in [2.05, 4.69) is 43.5 Å². The number of amides is 1. The minimum Gasteiger partial charge on any atom is -0.466 e. The zero-order chi connectivity index (χ0) is 48.6. The van der Waals surface area contributed by atoms with E-state index < -0.39 is 12.1 Å². The summed E-state index contributed by atoms with van der Waals surface area (Å²) in [5, 5.41) is 23.3. The van der Waals surface area contributed by atoms with Crippen LogP contribution in [0.2, 0.25) is 0 Å². The fourth-order valence-corrected chi connectivity index (χ4v) is 9.38. The summed E-state index contributed by atoms with van der Waals surface area (Å²) in [4.78, 5) is 24.5. The second-order valence-corrected chi connectivity index (χ2v) is 20.7. The Morgan fingerprint density at radius 3 is 1.13 bits per heavy atom. The number of aliphatic hydroxyl groups is 2. The molecular weight excluding hydrogens is 827 g/mol. The van der Waals surface area contributed by atoms with Gasteiger partial charge in [0.05, 0.1) is 25.4 Å². The van der Waals surface area contributed by atoms with E-state index in [1.807, 2.05) is 0 Å². The van der Waals surface area contributed by atoms with Crippen LogP contribution in [0.3, 0.4) is 0 Å². The molecule has 0 heterocycles. The predicted molar refractivity (Wildman–Crippen MR) is 292 cm³/mol. The molecule has 67 heavy (non-hydrogen) atoms. The fourth-order valence-electron chi connectivity index (χ4n) is 9.38. The standard InChI is InChI=1S/C61H117NO5/c1-3-5-7-9-11-13-15-17-19-22-25-29-33-37-41-45-49-53-59(64)58(57-63)62-60(65)54-50-46-42-38-34-30-26-23-21-24-28-32-36-40-44-48-52-56-67-61(66)55-51-47-43-39-35-31-27-20-18-16-14-12-10-8-6-4-2/h21,24,32,36,58-59,63-64H,3-20,22-23,25-31,33-35,37-57H2,1-2H3,(H,62,65)/b24-21-,36-32-. The highest BCUT2D eigenvalue weighted by molar-refractivity contribution is 5.76. The highest BCUT2D eigenvalue weighted by Gasteiger charge is 2.20. The molecule has 0 aromatic rings. The third kappa shape index (κ3) is 53.5. The fraction of sp³-hybridized carbons (Fsp3) is 0.902. The number of carbonyl (C=O) groups is 2. The van der Waals surface area contributed by atoms with Crippen LogP contribution in [0.1, 0.15) is 328 Å². The predicted octanol–water partition coefficient (Wildman–Crippen LogP) is 18.6. The maximum Gasteiger partial charge on any atom is 0.305 e. The number of rotatable bonds is 56. The molecule has 0 aliphatic heterocycles. The van der Waals surface area contributed by atoms with Gasteiger partial charge in [-0.25, -0.2) is 0 Å². The molecule has 0 bridgehead atoms. The SMILES string of the molecule is CCCCCCCCCCCCCCCCCCCC(O)C(CO)NC(=O)CCCCCCCCC/C=C\C/C=C\CCCCCOC(=O)CCCCCCCCCCCCCCCCCC. The first-order valence-corrected chi connectivity index (χ1v) is 30.1. The van der Waals surface area contributed by atoms with Crippen molar-refractivity contribution >= 4 is 11.9 Å². The third-order valence-electron chi connectivity index (χ3n) is 14.0. The van der Waals surface area contributed by atoms with Crippen LogP contribution < -0.4 is 5.32 Å². The molecule has 396 valence electrons. The van der Waals surface area contributed by atoms with E-state index in [4.69, 9.17) is 4.74 Å². The highest BCUT2D eigenvalue weighted by atomic mass is 16.5. The lowest BCUT2D eigenvalue weighted by Crippen LogP contribution is -2.45. The van der Waals surface area contributed by atoms with Crippen molar-refractivity contribution in [2.75, 3.05) is 13.2 Å². The second kappa shape index (κ2) is 56.9. The van der Waals surface area contributed by atoms with E-state index in [9.17, 15) is 19.8 Å². The van der Waals surface area contributed by atoms with Crippen LogP contribution in [0.15, 0.2) is 24.3 Å². The van der Waals surface area contributed by atoms with Gasteiger partial charge >= 0.3 is 5.97 Å². The normalized spacial score (nSPS) is 12.7. The van der Waals surface area contributed by atoms with E-state index in [-0.39, 0.29) is 18.5 Å².